The summed E-state index contributed by atoms with van der Waals surface area (Å²) < 4.78 is 5.48. The van der Waals surface area contributed by atoms with E-state index in [-0.39, 0.29) is 6.04 Å². The lowest BCUT2D eigenvalue weighted by atomic mass is 10.2. The Balaban J connectivity index is 1.92. The van der Waals surface area contributed by atoms with E-state index in [1.165, 1.54) is 0 Å². The highest BCUT2D eigenvalue weighted by atomic mass is 32.1. The molecule has 0 spiro atoms. The van der Waals surface area contributed by atoms with Gasteiger partial charge in [-0.1, -0.05) is 18.2 Å². The van der Waals surface area contributed by atoms with E-state index in [4.69, 9.17) is 16.6 Å². The Kier molecular flexibility index (Phi) is 5.36. The molecular formula is C16H21N3OS. The van der Waals surface area contributed by atoms with Gasteiger partial charge in [-0.05, 0) is 57.0 Å². The van der Waals surface area contributed by atoms with Crippen molar-refractivity contribution in [2.24, 2.45) is 0 Å². The molecular weight excluding hydrogens is 282 g/mol. The largest absolute Gasteiger partial charge is 0.468 e. The molecule has 0 saturated heterocycles. The predicted octanol–water partition coefficient (Wildman–Crippen LogP) is 3.18. The highest BCUT2D eigenvalue weighted by Gasteiger charge is 2.17. The lowest BCUT2D eigenvalue weighted by Crippen LogP contribution is -2.36. The van der Waals surface area contributed by atoms with Crippen LogP contribution in [0.3, 0.4) is 0 Å². The first-order chi connectivity index (χ1) is 10.1. The van der Waals surface area contributed by atoms with E-state index in [0.717, 1.165) is 17.0 Å². The second-order valence-electron chi connectivity index (χ2n) is 5.14. The van der Waals surface area contributed by atoms with Crippen LogP contribution in [0.4, 0.5) is 5.69 Å². The van der Waals surface area contributed by atoms with Gasteiger partial charge < -0.3 is 15.1 Å². The predicted molar refractivity (Wildman–Crippen MR) is 90.5 cm³/mol. The number of nitrogens with one attached hydrogen (secondary N) is 2. The summed E-state index contributed by atoms with van der Waals surface area (Å²) in [4.78, 5) is 2.10. The summed E-state index contributed by atoms with van der Waals surface area (Å²) in [5.74, 6) is 0.922. The quantitative estimate of drug-likeness (QED) is 0.830. The fourth-order valence-corrected chi connectivity index (χ4v) is 2.28. The summed E-state index contributed by atoms with van der Waals surface area (Å²) >= 11 is 5.36. The molecule has 0 aliphatic rings. The minimum absolute atomic E-state index is 0.136. The molecule has 1 atom stereocenters. The van der Waals surface area contributed by atoms with E-state index in [1.807, 2.05) is 44.4 Å². The molecule has 0 fully saturated rings. The minimum atomic E-state index is 0.136. The average molecular weight is 303 g/mol. The van der Waals surface area contributed by atoms with Gasteiger partial charge in [0.05, 0.1) is 12.3 Å². The molecule has 1 aromatic heterocycles. The second kappa shape index (κ2) is 7.24. The number of anilines is 1. The van der Waals surface area contributed by atoms with Gasteiger partial charge >= 0.3 is 0 Å². The van der Waals surface area contributed by atoms with Gasteiger partial charge in [0.25, 0.3) is 0 Å². The highest BCUT2D eigenvalue weighted by molar-refractivity contribution is 7.80. The van der Waals surface area contributed by atoms with Gasteiger partial charge in [-0.2, -0.15) is 0 Å². The Hall–Kier alpha value is -1.85. The molecule has 0 aliphatic heterocycles. The van der Waals surface area contributed by atoms with E-state index in [1.54, 1.807) is 6.26 Å². The third-order valence-electron chi connectivity index (χ3n) is 3.34. The van der Waals surface area contributed by atoms with Gasteiger partial charge in [0, 0.05) is 12.2 Å². The summed E-state index contributed by atoms with van der Waals surface area (Å²) in [5, 5.41) is 7.08. The van der Waals surface area contributed by atoms with Crippen LogP contribution in [-0.2, 0) is 0 Å². The SMILES string of the molecule is Cc1ccccc1NC(=S)NC[C@H](c1ccco1)N(C)C. The molecule has 0 radical (unpaired) electrons. The first kappa shape index (κ1) is 15.5. The van der Waals surface area contributed by atoms with Gasteiger partial charge in [0.2, 0.25) is 0 Å². The van der Waals surface area contributed by atoms with E-state index in [2.05, 4.69) is 28.5 Å². The van der Waals surface area contributed by atoms with Crippen LogP contribution >= 0.6 is 12.2 Å². The van der Waals surface area contributed by atoms with E-state index in [9.17, 15) is 0 Å². The number of hydrogen-bond donors (Lipinski definition) is 2. The number of aryl methyl sites for hydroxylation is 1. The summed E-state index contributed by atoms with van der Waals surface area (Å²) in [6, 6.07) is 12.1. The summed E-state index contributed by atoms with van der Waals surface area (Å²) in [6.07, 6.45) is 1.69. The second-order valence-corrected chi connectivity index (χ2v) is 5.55. The zero-order valence-electron chi connectivity index (χ0n) is 12.6. The molecule has 5 heteroatoms. The lowest BCUT2D eigenvalue weighted by Gasteiger charge is -2.23. The van der Waals surface area contributed by atoms with Crippen LogP contribution in [0.5, 0.6) is 0 Å². The van der Waals surface area contributed by atoms with Crippen LogP contribution in [0, 0.1) is 6.92 Å². The van der Waals surface area contributed by atoms with Crippen molar-refractivity contribution in [3.8, 4) is 0 Å². The molecule has 2 rings (SSSR count). The fourth-order valence-electron chi connectivity index (χ4n) is 2.09. The van der Waals surface area contributed by atoms with Crippen LogP contribution < -0.4 is 10.6 Å². The van der Waals surface area contributed by atoms with E-state index >= 15 is 0 Å². The smallest absolute Gasteiger partial charge is 0.170 e. The number of hydrogen-bond acceptors (Lipinski definition) is 3. The van der Waals surface area contributed by atoms with Gasteiger partial charge in [-0.3, -0.25) is 4.90 Å². The number of benzene rings is 1. The molecule has 0 aliphatic carbocycles. The third-order valence-corrected chi connectivity index (χ3v) is 3.59. The standard InChI is InChI=1S/C16H21N3OS/c1-12-7-4-5-8-13(12)18-16(21)17-11-14(19(2)3)15-9-6-10-20-15/h4-10,14H,11H2,1-3H3,(H2,17,18,21)/t14-/m1/s1. The zero-order chi connectivity index (χ0) is 15.2. The molecule has 1 heterocycles. The normalized spacial score (nSPS) is 12.2. The Morgan fingerprint density at radius 2 is 2.00 bits per heavy atom. The van der Waals surface area contributed by atoms with Crippen LogP contribution in [0.25, 0.3) is 0 Å². The fraction of sp³-hybridized carbons (Fsp3) is 0.312. The lowest BCUT2D eigenvalue weighted by molar-refractivity contribution is 0.259. The van der Waals surface area contributed by atoms with E-state index < -0.39 is 0 Å². The maximum atomic E-state index is 5.48. The van der Waals surface area contributed by atoms with Crippen molar-refractivity contribution in [1.29, 1.82) is 0 Å². The Bertz CT molecular complexity index is 581. The minimum Gasteiger partial charge on any atom is -0.468 e. The topological polar surface area (TPSA) is 40.4 Å². The molecule has 112 valence electrons. The monoisotopic (exact) mass is 303 g/mol. The molecule has 2 N–H and O–H groups in total. The highest BCUT2D eigenvalue weighted by Crippen LogP contribution is 2.18. The molecule has 21 heavy (non-hydrogen) atoms. The number of rotatable bonds is 5. The zero-order valence-corrected chi connectivity index (χ0v) is 13.4. The Labute approximate surface area is 131 Å². The maximum Gasteiger partial charge on any atom is 0.170 e. The van der Waals surface area contributed by atoms with Crippen molar-refractivity contribution in [2.75, 3.05) is 26.0 Å². The first-order valence-electron chi connectivity index (χ1n) is 6.88. The van der Waals surface area contributed by atoms with Crippen molar-refractivity contribution in [2.45, 2.75) is 13.0 Å². The van der Waals surface area contributed by atoms with Crippen molar-refractivity contribution < 1.29 is 4.42 Å². The van der Waals surface area contributed by atoms with Crippen molar-refractivity contribution >= 4 is 23.0 Å². The van der Waals surface area contributed by atoms with Crippen molar-refractivity contribution in [1.82, 2.24) is 10.2 Å². The summed E-state index contributed by atoms with van der Waals surface area (Å²) in [5.41, 5.74) is 2.19. The number of furan rings is 1. The molecule has 4 nitrogen and oxygen atoms in total. The van der Waals surface area contributed by atoms with Crippen LogP contribution in [-0.4, -0.2) is 30.7 Å². The molecule has 0 saturated carbocycles. The number of likely N-dealkylation sites (N-methyl/N-ethyl adjacent to an activating group) is 1. The molecule has 0 bridgehead atoms. The number of thiocarbonyl (C=S) groups is 1. The molecule has 2 aromatic rings. The number of nitrogens with zero attached hydrogens (tertiary/aromatic N) is 1. The van der Waals surface area contributed by atoms with Gasteiger partial charge in [-0.15, -0.1) is 0 Å². The van der Waals surface area contributed by atoms with Gasteiger partial charge in [-0.25, -0.2) is 0 Å². The van der Waals surface area contributed by atoms with E-state index in [0.29, 0.717) is 11.7 Å². The molecule has 0 unspecified atom stereocenters. The van der Waals surface area contributed by atoms with Crippen molar-refractivity contribution in [3.63, 3.8) is 0 Å². The van der Waals surface area contributed by atoms with Crippen LogP contribution in [0.2, 0.25) is 0 Å². The van der Waals surface area contributed by atoms with Gasteiger partial charge in [0.15, 0.2) is 5.11 Å². The maximum absolute atomic E-state index is 5.48. The number of para-hydroxylation sites is 1. The first-order valence-corrected chi connectivity index (χ1v) is 7.29. The Morgan fingerprint density at radius 3 is 2.62 bits per heavy atom. The van der Waals surface area contributed by atoms with Crippen LogP contribution in [0.1, 0.15) is 17.4 Å². The third kappa shape index (κ3) is 4.31. The summed E-state index contributed by atoms with van der Waals surface area (Å²) in [6.45, 7) is 2.73. The van der Waals surface area contributed by atoms with Gasteiger partial charge in [0.1, 0.15) is 5.76 Å². The van der Waals surface area contributed by atoms with Crippen LogP contribution in [0.15, 0.2) is 47.1 Å². The Morgan fingerprint density at radius 1 is 1.24 bits per heavy atom. The average Bonchev–Trinajstić information content (AvgIpc) is 2.95. The molecule has 0 amide bonds. The summed E-state index contributed by atoms with van der Waals surface area (Å²) in [7, 11) is 4.04. The van der Waals surface area contributed by atoms with Crippen molar-refractivity contribution in [3.05, 3.63) is 54.0 Å². The molecule has 1 aromatic carbocycles.